The molecule has 0 fully saturated rings. The third-order valence-corrected chi connectivity index (χ3v) is 10.7. The fourth-order valence-corrected chi connectivity index (χ4v) is 8.18. The molecule has 1 aliphatic carbocycles. The smallest absolute Gasteiger partial charge is 0.164 e. The Morgan fingerprint density at radius 2 is 0.691 bits per heavy atom. The number of pyridine rings is 1. The molecule has 0 radical (unpaired) electrons. The van der Waals surface area contributed by atoms with Gasteiger partial charge in [0.25, 0.3) is 0 Å². The van der Waals surface area contributed by atoms with Gasteiger partial charge in [0.1, 0.15) is 0 Å². The molecule has 0 atom stereocenters. The van der Waals surface area contributed by atoms with Gasteiger partial charge in [-0.1, -0.05) is 170 Å². The summed E-state index contributed by atoms with van der Waals surface area (Å²) in [5.41, 5.74) is 14.1. The van der Waals surface area contributed by atoms with E-state index in [0.29, 0.717) is 17.5 Å². The molecule has 0 N–H and O–H groups in total. The van der Waals surface area contributed by atoms with E-state index in [1.165, 1.54) is 33.4 Å². The zero-order valence-electron chi connectivity index (χ0n) is 29.9. The minimum atomic E-state index is -0.600. The van der Waals surface area contributed by atoms with E-state index >= 15 is 0 Å². The SMILES string of the molecule is c1ccc(-c2ccc(-c3nc(-c4ccccc4)nc(-c4cccc(C5(c6cccc(-c7ccncc7)c6)c6ccccc6-c6ccccc65)c4)n3)cc2)cc1. The summed E-state index contributed by atoms with van der Waals surface area (Å²) in [5.74, 6) is 1.89. The van der Waals surface area contributed by atoms with Crippen LogP contribution >= 0.6 is 0 Å². The second kappa shape index (κ2) is 13.6. The topological polar surface area (TPSA) is 51.6 Å². The lowest BCUT2D eigenvalue weighted by Gasteiger charge is -2.34. The first-order valence-corrected chi connectivity index (χ1v) is 18.5. The van der Waals surface area contributed by atoms with Gasteiger partial charge >= 0.3 is 0 Å². The van der Waals surface area contributed by atoms with E-state index < -0.39 is 5.41 Å². The summed E-state index contributed by atoms with van der Waals surface area (Å²) in [4.78, 5) is 19.6. The van der Waals surface area contributed by atoms with Gasteiger partial charge in [0.05, 0.1) is 5.41 Å². The quantitative estimate of drug-likeness (QED) is 0.166. The van der Waals surface area contributed by atoms with Crippen LogP contribution in [0.5, 0.6) is 0 Å². The van der Waals surface area contributed by atoms with Gasteiger partial charge < -0.3 is 0 Å². The number of nitrogens with zero attached hydrogens (tertiary/aromatic N) is 4. The zero-order valence-corrected chi connectivity index (χ0v) is 29.9. The van der Waals surface area contributed by atoms with Gasteiger partial charge in [-0.25, -0.2) is 15.0 Å². The molecule has 10 rings (SSSR count). The van der Waals surface area contributed by atoms with Crippen molar-refractivity contribution in [2.75, 3.05) is 0 Å². The molecule has 2 aromatic heterocycles. The van der Waals surface area contributed by atoms with Crippen molar-refractivity contribution < 1.29 is 0 Å². The number of benzene rings is 7. The van der Waals surface area contributed by atoms with Crippen molar-refractivity contribution >= 4 is 0 Å². The van der Waals surface area contributed by atoms with Crippen molar-refractivity contribution in [3.8, 4) is 67.5 Å². The van der Waals surface area contributed by atoms with E-state index in [-0.39, 0.29) is 0 Å². The molecular weight excluding hydrogens is 669 g/mol. The Bertz CT molecular complexity index is 2750. The minimum Gasteiger partial charge on any atom is -0.265 e. The fourth-order valence-electron chi connectivity index (χ4n) is 8.18. The number of rotatable bonds is 7. The van der Waals surface area contributed by atoms with Gasteiger partial charge in [-0.2, -0.15) is 0 Å². The van der Waals surface area contributed by atoms with Gasteiger partial charge in [0.2, 0.25) is 0 Å². The molecule has 0 bridgehead atoms. The van der Waals surface area contributed by atoms with E-state index in [0.717, 1.165) is 38.9 Å². The Morgan fingerprint density at radius 3 is 1.29 bits per heavy atom. The summed E-state index contributed by atoms with van der Waals surface area (Å²) < 4.78 is 0. The second-order valence-electron chi connectivity index (χ2n) is 13.9. The average molecular weight is 703 g/mol. The number of hydrogen-bond acceptors (Lipinski definition) is 4. The van der Waals surface area contributed by atoms with Gasteiger partial charge in [-0.05, 0) is 79.9 Å². The van der Waals surface area contributed by atoms with E-state index in [1.807, 2.05) is 36.7 Å². The Kier molecular flexibility index (Phi) is 8.00. The molecular formula is C51H34N4. The lowest BCUT2D eigenvalue weighted by molar-refractivity contribution is 0.769. The Morgan fingerprint density at radius 1 is 0.291 bits per heavy atom. The Hall–Kier alpha value is -7.30. The summed E-state index contributed by atoms with van der Waals surface area (Å²) in [6.07, 6.45) is 3.71. The van der Waals surface area contributed by atoms with Crippen LogP contribution in [0.4, 0.5) is 0 Å². The first kappa shape index (κ1) is 32.4. The van der Waals surface area contributed by atoms with Crippen molar-refractivity contribution in [3.63, 3.8) is 0 Å². The van der Waals surface area contributed by atoms with Crippen LogP contribution in [0, 0.1) is 0 Å². The maximum atomic E-state index is 5.18. The molecule has 9 aromatic rings. The average Bonchev–Trinajstić information content (AvgIpc) is 3.58. The number of hydrogen-bond donors (Lipinski definition) is 0. The van der Waals surface area contributed by atoms with Crippen LogP contribution in [0.2, 0.25) is 0 Å². The van der Waals surface area contributed by atoms with Gasteiger partial charge in [0.15, 0.2) is 17.5 Å². The normalized spacial score (nSPS) is 12.5. The zero-order chi connectivity index (χ0) is 36.6. The van der Waals surface area contributed by atoms with E-state index in [9.17, 15) is 0 Å². The minimum absolute atomic E-state index is 0.600. The molecule has 1 aliphatic rings. The maximum Gasteiger partial charge on any atom is 0.164 e. The van der Waals surface area contributed by atoms with Gasteiger partial charge in [-0.3, -0.25) is 4.98 Å². The van der Waals surface area contributed by atoms with Gasteiger partial charge in [0, 0.05) is 29.1 Å². The number of fused-ring (bicyclic) bond motifs is 3. The van der Waals surface area contributed by atoms with Gasteiger partial charge in [-0.15, -0.1) is 0 Å². The van der Waals surface area contributed by atoms with Crippen molar-refractivity contribution in [3.05, 3.63) is 229 Å². The van der Waals surface area contributed by atoms with Crippen molar-refractivity contribution in [1.82, 2.24) is 19.9 Å². The second-order valence-corrected chi connectivity index (χ2v) is 13.9. The van der Waals surface area contributed by atoms with Crippen LogP contribution in [0.25, 0.3) is 67.5 Å². The predicted molar refractivity (Wildman–Crippen MR) is 222 cm³/mol. The fraction of sp³-hybridized carbons (Fsp3) is 0.0196. The van der Waals surface area contributed by atoms with Crippen LogP contribution in [0.15, 0.2) is 207 Å². The molecule has 2 heterocycles. The largest absolute Gasteiger partial charge is 0.265 e. The highest BCUT2D eigenvalue weighted by Crippen LogP contribution is 2.56. The first-order chi connectivity index (χ1) is 27.3. The lowest BCUT2D eigenvalue weighted by Crippen LogP contribution is -2.28. The highest BCUT2D eigenvalue weighted by Gasteiger charge is 2.46. The van der Waals surface area contributed by atoms with Crippen molar-refractivity contribution in [2.24, 2.45) is 0 Å². The summed E-state index contributed by atoms with van der Waals surface area (Å²) in [6.45, 7) is 0. The maximum absolute atomic E-state index is 5.18. The Balaban J connectivity index is 1.17. The van der Waals surface area contributed by atoms with Crippen LogP contribution in [-0.2, 0) is 5.41 Å². The predicted octanol–water partition coefficient (Wildman–Crippen LogP) is 12.0. The van der Waals surface area contributed by atoms with E-state index in [1.54, 1.807) is 0 Å². The molecule has 258 valence electrons. The highest BCUT2D eigenvalue weighted by molar-refractivity contribution is 5.87. The molecule has 0 aliphatic heterocycles. The molecule has 4 heteroatoms. The van der Waals surface area contributed by atoms with Crippen LogP contribution in [0.3, 0.4) is 0 Å². The van der Waals surface area contributed by atoms with E-state index in [4.69, 9.17) is 15.0 Å². The van der Waals surface area contributed by atoms with Crippen molar-refractivity contribution in [1.29, 1.82) is 0 Å². The molecule has 0 unspecified atom stereocenters. The Labute approximate surface area is 320 Å². The molecule has 0 spiro atoms. The van der Waals surface area contributed by atoms with Crippen molar-refractivity contribution in [2.45, 2.75) is 5.41 Å². The summed E-state index contributed by atoms with van der Waals surface area (Å²) >= 11 is 0. The molecule has 7 aromatic carbocycles. The van der Waals surface area contributed by atoms with Crippen LogP contribution < -0.4 is 0 Å². The van der Waals surface area contributed by atoms with Crippen LogP contribution in [0.1, 0.15) is 22.3 Å². The molecule has 0 saturated heterocycles. The lowest BCUT2D eigenvalue weighted by atomic mass is 9.67. The summed E-state index contributed by atoms with van der Waals surface area (Å²) in [7, 11) is 0. The third kappa shape index (κ3) is 5.63. The highest BCUT2D eigenvalue weighted by atomic mass is 15.0. The van der Waals surface area contributed by atoms with Crippen LogP contribution in [-0.4, -0.2) is 19.9 Å². The van der Waals surface area contributed by atoms with E-state index in [2.05, 4.69) is 175 Å². The molecule has 0 saturated carbocycles. The molecule has 4 nitrogen and oxygen atoms in total. The first-order valence-electron chi connectivity index (χ1n) is 18.5. The summed E-state index contributed by atoms with van der Waals surface area (Å²) in [6, 6.07) is 68.6. The monoisotopic (exact) mass is 702 g/mol. The number of aromatic nitrogens is 4. The summed E-state index contributed by atoms with van der Waals surface area (Å²) in [5, 5.41) is 0. The standard InChI is InChI=1S/C51H34N4/c1-3-13-35(14-4-1)36-25-27-39(28-26-36)49-53-48(38-15-5-2-6-16-38)54-50(55-49)41-18-12-20-43(34-41)51(42-19-11-17-40(33-42)37-29-31-52-32-30-37)46-23-9-7-21-44(46)45-22-8-10-24-47(45)51/h1-34H. The third-order valence-electron chi connectivity index (χ3n) is 10.7. The molecule has 55 heavy (non-hydrogen) atoms. The molecule has 0 amide bonds.